The van der Waals surface area contributed by atoms with Crippen LogP contribution in [0.4, 0.5) is 0 Å². The van der Waals surface area contributed by atoms with Crippen molar-refractivity contribution in [2.75, 3.05) is 0 Å². The quantitative estimate of drug-likeness (QED) is 0.181. The monoisotopic (exact) mass is 643 g/mol. The van der Waals surface area contributed by atoms with Crippen molar-refractivity contribution in [1.29, 1.82) is 0 Å². The Morgan fingerprint density at radius 1 is 0.265 bits per heavy atom. The largest absolute Gasteiger partial charge is 0.208 e. The molecule has 0 N–H and O–H groups in total. The lowest BCUT2D eigenvalue weighted by molar-refractivity contribution is 1.07. The predicted octanol–water partition coefficient (Wildman–Crippen LogP) is 12.2. The third-order valence-electron chi connectivity index (χ3n) is 8.97. The first kappa shape index (κ1) is 29.0. The van der Waals surface area contributed by atoms with E-state index >= 15 is 0 Å². The van der Waals surface area contributed by atoms with Crippen LogP contribution in [0.5, 0.6) is 0 Å². The number of hydrogen-bond acceptors (Lipinski definition) is 4. The van der Waals surface area contributed by atoms with Gasteiger partial charge in [-0.05, 0) is 57.6 Å². The summed E-state index contributed by atoms with van der Waals surface area (Å²) in [5.41, 5.74) is 9.77. The van der Waals surface area contributed by atoms with Crippen LogP contribution in [0, 0.1) is 0 Å². The standard InChI is InChI=1S/C45H29N3S/c1-3-10-30(11-4-1)32-18-22-34(23-19-32)43-46-44(35-24-20-33(21-25-35)31-12-5-2-6-13-31)48-45(47-43)38-15-9-14-36(28-38)37-26-27-42-40(29-37)39-16-7-8-17-41(39)49-42/h1-29H. The molecule has 0 aliphatic rings. The molecule has 0 saturated heterocycles. The average molecular weight is 644 g/mol. The van der Waals surface area contributed by atoms with Crippen LogP contribution >= 0.6 is 11.3 Å². The molecule has 49 heavy (non-hydrogen) atoms. The van der Waals surface area contributed by atoms with Crippen molar-refractivity contribution in [3.8, 4) is 67.5 Å². The van der Waals surface area contributed by atoms with Crippen LogP contribution in [0.15, 0.2) is 176 Å². The minimum atomic E-state index is 0.642. The molecule has 2 aromatic heterocycles. The molecule has 4 heteroatoms. The van der Waals surface area contributed by atoms with Gasteiger partial charge in [0.1, 0.15) is 0 Å². The Kier molecular flexibility index (Phi) is 7.34. The van der Waals surface area contributed by atoms with Crippen molar-refractivity contribution < 1.29 is 0 Å². The molecular formula is C45H29N3S. The van der Waals surface area contributed by atoms with Crippen LogP contribution in [-0.4, -0.2) is 15.0 Å². The SMILES string of the molecule is c1ccc(-c2ccc(-c3nc(-c4ccc(-c5ccccc5)cc4)nc(-c4cccc(-c5ccc6sc7ccccc7c6c5)c4)n3)cc2)cc1. The highest BCUT2D eigenvalue weighted by Crippen LogP contribution is 2.37. The molecule has 0 aliphatic heterocycles. The number of aromatic nitrogens is 3. The molecule has 9 rings (SSSR count). The van der Waals surface area contributed by atoms with Gasteiger partial charge >= 0.3 is 0 Å². The Morgan fingerprint density at radius 3 is 1.29 bits per heavy atom. The molecule has 0 unspecified atom stereocenters. The van der Waals surface area contributed by atoms with Gasteiger partial charge < -0.3 is 0 Å². The van der Waals surface area contributed by atoms with Crippen LogP contribution in [0.1, 0.15) is 0 Å². The number of thiophene rings is 1. The molecule has 9 aromatic rings. The van der Waals surface area contributed by atoms with Crippen molar-refractivity contribution in [1.82, 2.24) is 15.0 Å². The second-order valence-corrected chi connectivity index (χ2v) is 13.2. The van der Waals surface area contributed by atoms with Crippen molar-refractivity contribution >= 4 is 31.5 Å². The summed E-state index contributed by atoms with van der Waals surface area (Å²) in [6.07, 6.45) is 0. The summed E-state index contributed by atoms with van der Waals surface area (Å²) in [6.45, 7) is 0. The molecule has 7 aromatic carbocycles. The highest BCUT2D eigenvalue weighted by molar-refractivity contribution is 7.25. The smallest absolute Gasteiger partial charge is 0.164 e. The predicted molar refractivity (Wildman–Crippen MR) is 205 cm³/mol. The number of benzene rings is 7. The molecule has 0 aliphatic carbocycles. The Bertz CT molecular complexity index is 2470. The van der Waals surface area contributed by atoms with E-state index in [4.69, 9.17) is 15.0 Å². The maximum Gasteiger partial charge on any atom is 0.164 e. The van der Waals surface area contributed by atoms with Gasteiger partial charge in [-0.1, -0.05) is 152 Å². The molecular weight excluding hydrogens is 615 g/mol. The molecule has 3 nitrogen and oxygen atoms in total. The number of rotatable bonds is 6. The summed E-state index contributed by atoms with van der Waals surface area (Å²) in [5.74, 6) is 1.93. The van der Waals surface area contributed by atoms with Crippen molar-refractivity contribution in [3.05, 3.63) is 176 Å². The Hall–Kier alpha value is -6.23. The lowest BCUT2D eigenvalue weighted by Crippen LogP contribution is -2.00. The fraction of sp³-hybridized carbons (Fsp3) is 0. The van der Waals surface area contributed by atoms with Crippen LogP contribution in [0.3, 0.4) is 0 Å². The molecule has 0 atom stereocenters. The van der Waals surface area contributed by atoms with Gasteiger partial charge in [-0.3, -0.25) is 0 Å². The summed E-state index contributed by atoms with van der Waals surface area (Å²) in [5, 5.41) is 2.58. The lowest BCUT2D eigenvalue weighted by atomic mass is 10.0. The van der Waals surface area contributed by atoms with Gasteiger partial charge in [-0.25, -0.2) is 15.0 Å². The van der Waals surface area contributed by atoms with E-state index in [-0.39, 0.29) is 0 Å². The summed E-state index contributed by atoms with van der Waals surface area (Å²) in [6, 6.07) is 61.6. The minimum absolute atomic E-state index is 0.642. The normalized spacial score (nSPS) is 11.3. The Labute approximate surface area is 288 Å². The third kappa shape index (κ3) is 5.69. The van der Waals surface area contributed by atoms with Gasteiger partial charge in [0.15, 0.2) is 17.5 Å². The molecule has 0 fully saturated rings. The van der Waals surface area contributed by atoms with Crippen LogP contribution < -0.4 is 0 Å². The van der Waals surface area contributed by atoms with Gasteiger partial charge in [0, 0.05) is 36.9 Å². The number of fused-ring (bicyclic) bond motifs is 3. The fourth-order valence-electron chi connectivity index (χ4n) is 6.39. The maximum absolute atomic E-state index is 5.06. The number of hydrogen-bond donors (Lipinski definition) is 0. The van der Waals surface area contributed by atoms with E-state index < -0.39 is 0 Å². The first-order valence-electron chi connectivity index (χ1n) is 16.4. The summed E-state index contributed by atoms with van der Waals surface area (Å²) < 4.78 is 2.60. The van der Waals surface area contributed by atoms with Crippen LogP contribution in [0.25, 0.3) is 87.7 Å². The van der Waals surface area contributed by atoms with E-state index in [1.54, 1.807) is 0 Å². The van der Waals surface area contributed by atoms with Gasteiger partial charge in [-0.2, -0.15) is 0 Å². The van der Waals surface area contributed by atoms with Crippen molar-refractivity contribution in [2.24, 2.45) is 0 Å². The van der Waals surface area contributed by atoms with E-state index in [0.717, 1.165) is 33.4 Å². The van der Waals surface area contributed by atoms with E-state index in [0.29, 0.717) is 17.5 Å². The Balaban J connectivity index is 1.14. The van der Waals surface area contributed by atoms with E-state index in [2.05, 4.69) is 164 Å². The highest BCUT2D eigenvalue weighted by Gasteiger charge is 2.14. The first-order valence-corrected chi connectivity index (χ1v) is 17.2. The van der Waals surface area contributed by atoms with E-state index in [1.165, 1.54) is 36.9 Å². The average Bonchev–Trinajstić information content (AvgIpc) is 3.57. The van der Waals surface area contributed by atoms with Gasteiger partial charge in [0.25, 0.3) is 0 Å². The van der Waals surface area contributed by atoms with Gasteiger partial charge in [0.05, 0.1) is 0 Å². The summed E-state index contributed by atoms with van der Waals surface area (Å²) >= 11 is 1.84. The van der Waals surface area contributed by atoms with Crippen LogP contribution in [0.2, 0.25) is 0 Å². The summed E-state index contributed by atoms with van der Waals surface area (Å²) in [4.78, 5) is 15.1. The second-order valence-electron chi connectivity index (χ2n) is 12.1. The molecule has 0 spiro atoms. The third-order valence-corrected chi connectivity index (χ3v) is 10.1. The molecule has 2 heterocycles. The van der Waals surface area contributed by atoms with Crippen molar-refractivity contribution in [2.45, 2.75) is 0 Å². The zero-order valence-corrected chi connectivity index (χ0v) is 27.3. The van der Waals surface area contributed by atoms with Crippen molar-refractivity contribution in [3.63, 3.8) is 0 Å². The first-order chi connectivity index (χ1) is 24.2. The molecule has 0 saturated carbocycles. The molecule has 0 amide bonds. The maximum atomic E-state index is 5.06. The van der Waals surface area contributed by atoms with E-state index in [1.807, 2.05) is 23.5 Å². The minimum Gasteiger partial charge on any atom is -0.208 e. The van der Waals surface area contributed by atoms with Gasteiger partial charge in [0.2, 0.25) is 0 Å². The Morgan fingerprint density at radius 2 is 0.673 bits per heavy atom. The van der Waals surface area contributed by atoms with Crippen LogP contribution in [-0.2, 0) is 0 Å². The zero-order chi connectivity index (χ0) is 32.6. The topological polar surface area (TPSA) is 38.7 Å². The number of nitrogens with zero attached hydrogens (tertiary/aromatic N) is 3. The lowest BCUT2D eigenvalue weighted by Gasteiger charge is -2.11. The molecule has 0 bridgehead atoms. The summed E-state index contributed by atoms with van der Waals surface area (Å²) in [7, 11) is 0. The zero-order valence-electron chi connectivity index (χ0n) is 26.5. The van der Waals surface area contributed by atoms with E-state index in [9.17, 15) is 0 Å². The van der Waals surface area contributed by atoms with Gasteiger partial charge in [-0.15, -0.1) is 11.3 Å². The molecule has 0 radical (unpaired) electrons. The second kappa shape index (κ2) is 12.4. The molecule has 230 valence electrons. The fourth-order valence-corrected chi connectivity index (χ4v) is 7.48. The highest BCUT2D eigenvalue weighted by atomic mass is 32.1.